The van der Waals surface area contributed by atoms with Crippen LogP contribution >= 0.6 is 0 Å². The highest BCUT2D eigenvalue weighted by Crippen LogP contribution is 2.28. The van der Waals surface area contributed by atoms with Gasteiger partial charge in [0, 0.05) is 44.0 Å². The fourth-order valence-corrected chi connectivity index (χ4v) is 3.14. The minimum absolute atomic E-state index is 0.291. The molecule has 21 heavy (non-hydrogen) atoms. The van der Waals surface area contributed by atoms with Crippen molar-refractivity contribution in [3.8, 4) is 0 Å². The number of rotatable bonds is 3. The molecule has 1 aromatic heterocycles. The third kappa shape index (κ3) is 3.32. The predicted octanol–water partition coefficient (Wildman–Crippen LogP) is 1.67. The van der Waals surface area contributed by atoms with Crippen molar-refractivity contribution in [2.45, 2.75) is 31.6 Å². The standard InChI is InChI=1S/C15H21N3O3/c19-15(20)12-2-1-5-18(9-12)14-8-13(16-10-17-14)11-3-6-21-7-4-11/h8,10-12H,1-7,9H2,(H,19,20). The number of aliphatic carboxylic acids is 1. The number of carbonyl (C=O) groups is 1. The molecule has 6 heteroatoms. The summed E-state index contributed by atoms with van der Waals surface area (Å²) in [5.74, 6) is 0.289. The van der Waals surface area contributed by atoms with Crippen molar-refractivity contribution < 1.29 is 14.6 Å². The second kappa shape index (κ2) is 6.39. The molecule has 2 aliphatic heterocycles. The largest absolute Gasteiger partial charge is 0.481 e. The minimum Gasteiger partial charge on any atom is -0.481 e. The highest BCUT2D eigenvalue weighted by Gasteiger charge is 2.27. The molecule has 1 aromatic rings. The van der Waals surface area contributed by atoms with E-state index >= 15 is 0 Å². The Morgan fingerprint density at radius 2 is 2.10 bits per heavy atom. The summed E-state index contributed by atoms with van der Waals surface area (Å²) in [6, 6.07) is 2.03. The number of hydrogen-bond acceptors (Lipinski definition) is 5. The van der Waals surface area contributed by atoms with Gasteiger partial charge in [-0.25, -0.2) is 9.97 Å². The number of carboxylic acid groups (broad SMARTS) is 1. The molecule has 0 aromatic carbocycles. The van der Waals surface area contributed by atoms with E-state index in [-0.39, 0.29) is 5.92 Å². The average Bonchev–Trinajstić information content (AvgIpc) is 2.56. The second-order valence-corrected chi connectivity index (χ2v) is 5.81. The Morgan fingerprint density at radius 1 is 1.29 bits per heavy atom. The summed E-state index contributed by atoms with van der Waals surface area (Å²) in [5.41, 5.74) is 1.06. The van der Waals surface area contributed by atoms with E-state index in [9.17, 15) is 9.90 Å². The van der Waals surface area contributed by atoms with Gasteiger partial charge in [0.15, 0.2) is 0 Å². The van der Waals surface area contributed by atoms with Crippen LogP contribution in [0.25, 0.3) is 0 Å². The number of carboxylic acids is 1. The minimum atomic E-state index is -0.710. The first-order valence-electron chi connectivity index (χ1n) is 7.61. The molecule has 0 saturated carbocycles. The number of hydrogen-bond donors (Lipinski definition) is 1. The maximum Gasteiger partial charge on any atom is 0.308 e. The van der Waals surface area contributed by atoms with Crippen molar-refractivity contribution in [1.29, 1.82) is 0 Å². The van der Waals surface area contributed by atoms with Crippen LogP contribution in [0.1, 0.15) is 37.3 Å². The molecule has 3 rings (SSSR count). The lowest BCUT2D eigenvalue weighted by molar-refractivity contribution is -0.141. The smallest absolute Gasteiger partial charge is 0.308 e. The molecule has 0 radical (unpaired) electrons. The first-order valence-corrected chi connectivity index (χ1v) is 7.61. The molecule has 0 bridgehead atoms. The molecule has 2 aliphatic rings. The summed E-state index contributed by atoms with van der Waals surface area (Å²) in [4.78, 5) is 22.0. The van der Waals surface area contributed by atoms with Crippen LogP contribution in [0.4, 0.5) is 5.82 Å². The predicted molar refractivity (Wildman–Crippen MR) is 77.4 cm³/mol. The van der Waals surface area contributed by atoms with Crippen LogP contribution in [0.5, 0.6) is 0 Å². The van der Waals surface area contributed by atoms with Crippen LogP contribution in [-0.2, 0) is 9.53 Å². The van der Waals surface area contributed by atoms with Gasteiger partial charge in [-0.15, -0.1) is 0 Å². The molecule has 114 valence electrons. The Hall–Kier alpha value is -1.69. The topological polar surface area (TPSA) is 75.5 Å². The summed E-state index contributed by atoms with van der Waals surface area (Å²) in [6.07, 6.45) is 5.24. The van der Waals surface area contributed by atoms with E-state index in [2.05, 4.69) is 14.9 Å². The van der Waals surface area contributed by atoms with Crippen molar-refractivity contribution in [3.63, 3.8) is 0 Å². The average molecular weight is 291 g/mol. The first-order chi connectivity index (χ1) is 10.2. The summed E-state index contributed by atoms with van der Waals surface area (Å²) in [6.45, 7) is 2.98. The zero-order valence-electron chi connectivity index (χ0n) is 12.1. The van der Waals surface area contributed by atoms with Crippen LogP contribution in [0.15, 0.2) is 12.4 Å². The highest BCUT2D eigenvalue weighted by molar-refractivity contribution is 5.71. The Bertz CT molecular complexity index is 503. The van der Waals surface area contributed by atoms with Gasteiger partial charge in [-0.05, 0) is 25.7 Å². The highest BCUT2D eigenvalue weighted by atomic mass is 16.5. The van der Waals surface area contributed by atoms with Gasteiger partial charge >= 0.3 is 5.97 Å². The Kier molecular flexibility index (Phi) is 4.34. The molecule has 3 heterocycles. The van der Waals surface area contributed by atoms with Gasteiger partial charge in [0.1, 0.15) is 12.1 Å². The fraction of sp³-hybridized carbons (Fsp3) is 0.667. The van der Waals surface area contributed by atoms with E-state index in [4.69, 9.17) is 4.74 Å². The van der Waals surface area contributed by atoms with Crippen molar-refractivity contribution >= 4 is 11.8 Å². The van der Waals surface area contributed by atoms with E-state index in [1.54, 1.807) is 6.33 Å². The maximum absolute atomic E-state index is 11.2. The van der Waals surface area contributed by atoms with E-state index in [0.29, 0.717) is 12.5 Å². The molecule has 0 amide bonds. The summed E-state index contributed by atoms with van der Waals surface area (Å²) >= 11 is 0. The summed E-state index contributed by atoms with van der Waals surface area (Å²) < 4.78 is 5.39. The SMILES string of the molecule is O=C(O)C1CCCN(c2cc(C3CCOCC3)ncn2)C1. The first kappa shape index (κ1) is 14.3. The molecular formula is C15H21N3O3. The molecule has 1 unspecified atom stereocenters. The monoisotopic (exact) mass is 291 g/mol. The van der Waals surface area contributed by atoms with E-state index in [1.165, 1.54) is 0 Å². The normalized spacial score (nSPS) is 24.0. The number of piperidine rings is 1. The van der Waals surface area contributed by atoms with Crippen molar-refractivity contribution in [2.24, 2.45) is 5.92 Å². The van der Waals surface area contributed by atoms with E-state index < -0.39 is 5.97 Å². The Balaban J connectivity index is 1.74. The van der Waals surface area contributed by atoms with Crippen LogP contribution in [0.2, 0.25) is 0 Å². The lowest BCUT2D eigenvalue weighted by Gasteiger charge is -2.32. The van der Waals surface area contributed by atoms with Crippen LogP contribution in [0, 0.1) is 5.92 Å². The Morgan fingerprint density at radius 3 is 2.86 bits per heavy atom. The Labute approximate surface area is 124 Å². The maximum atomic E-state index is 11.2. The molecule has 0 spiro atoms. The molecule has 2 fully saturated rings. The van der Waals surface area contributed by atoms with Crippen molar-refractivity contribution in [3.05, 3.63) is 18.1 Å². The number of aromatic nitrogens is 2. The lowest BCUT2D eigenvalue weighted by Crippen LogP contribution is -2.39. The van der Waals surface area contributed by atoms with Gasteiger partial charge in [0.05, 0.1) is 5.92 Å². The summed E-state index contributed by atoms with van der Waals surface area (Å²) in [7, 11) is 0. The molecular weight excluding hydrogens is 270 g/mol. The number of anilines is 1. The van der Waals surface area contributed by atoms with Crippen LogP contribution in [-0.4, -0.2) is 47.3 Å². The molecule has 0 aliphatic carbocycles. The quantitative estimate of drug-likeness (QED) is 0.913. The van der Waals surface area contributed by atoms with Gasteiger partial charge in [0.2, 0.25) is 0 Å². The second-order valence-electron chi connectivity index (χ2n) is 5.81. The zero-order chi connectivity index (χ0) is 14.7. The fourth-order valence-electron chi connectivity index (χ4n) is 3.14. The van der Waals surface area contributed by atoms with E-state index in [1.807, 2.05) is 6.07 Å². The summed E-state index contributed by atoms with van der Waals surface area (Å²) in [5, 5.41) is 9.19. The third-order valence-electron chi connectivity index (χ3n) is 4.41. The van der Waals surface area contributed by atoms with Gasteiger partial charge in [0.25, 0.3) is 0 Å². The third-order valence-corrected chi connectivity index (χ3v) is 4.41. The van der Waals surface area contributed by atoms with Crippen LogP contribution in [0.3, 0.4) is 0 Å². The number of nitrogens with zero attached hydrogens (tertiary/aromatic N) is 3. The molecule has 1 atom stereocenters. The van der Waals surface area contributed by atoms with Crippen molar-refractivity contribution in [1.82, 2.24) is 9.97 Å². The molecule has 2 saturated heterocycles. The van der Waals surface area contributed by atoms with Crippen molar-refractivity contribution in [2.75, 3.05) is 31.2 Å². The van der Waals surface area contributed by atoms with Gasteiger partial charge in [-0.1, -0.05) is 0 Å². The van der Waals surface area contributed by atoms with Crippen LogP contribution < -0.4 is 4.90 Å². The molecule has 1 N–H and O–H groups in total. The zero-order valence-corrected chi connectivity index (χ0v) is 12.1. The van der Waals surface area contributed by atoms with Gasteiger partial charge in [-0.2, -0.15) is 0 Å². The lowest BCUT2D eigenvalue weighted by atomic mass is 9.95. The number of ether oxygens (including phenoxy) is 1. The van der Waals surface area contributed by atoms with Gasteiger partial charge < -0.3 is 14.7 Å². The van der Waals surface area contributed by atoms with E-state index in [0.717, 1.165) is 57.0 Å². The molecule has 6 nitrogen and oxygen atoms in total. The van der Waals surface area contributed by atoms with Gasteiger partial charge in [-0.3, -0.25) is 4.79 Å².